The Hall–Kier alpha value is -3.59. The Balaban J connectivity index is 1.45. The summed E-state index contributed by atoms with van der Waals surface area (Å²) in [5.41, 5.74) is 7.78. The highest BCUT2D eigenvalue weighted by atomic mass is 16.6. The third kappa shape index (κ3) is 5.20. The minimum atomic E-state index is -1.51. The second-order valence-corrected chi connectivity index (χ2v) is 10.3. The molecule has 5 rings (SSSR count). The second-order valence-electron chi connectivity index (χ2n) is 10.3. The highest BCUT2D eigenvalue weighted by molar-refractivity contribution is 5.99. The van der Waals surface area contributed by atoms with Crippen molar-refractivity contribution < 1.29 is 29.6 Å². The Morgan fingerprint density at radius 1 is 1.18 bits per heavy atom. The number of aryl methyl sites for hydroxylation is 1. The molecule has 0 radical (unpaired) electrons. The van der Waals surface area contributed by atoms with E-state index in [4.69, 9.17) is 15.6 Å². The van der Waals surface area contributed by atoms with E-state index < -0.39 is 36.4 Å². The van der Waals surface area contributed by atoms with Crippen LogP contribution in [-0.2, 0) is 21.4 Å². The van der Waals surface area contributed by atoms with Gasteiger partial charge in [0.15, 0.2) is 12.3 Å². The molecule has 0 bridgehead atoms. The average Bonchev–Trinajstić information content (AvgIpc) is 3.58. The van der Waals surface area contributed by atoms with E-state index in [-0.39, 0.29) is 31.2 Å². The predicted octanol–water partition coefficient (Wildman–Crippen LogP) is -0.179. The number of carboxylic acid groups (broad SMARTS) is 1. The van der Waals surface area contributed by atoms with Gasteiger partial charge in [-0.3, -0.25) is 14.3 Å². The molecule has 3 aromatic heterocycles. The molecule has 3 aromatic rings. The van der Waals surface area contributed by atoms with Crippen molar-refractivity contribution in [3.8, 4) is 11.3 Å². The number of amides is 1. The number of aliphatic hydroxyl groups is 2. The van der Waals surface area contributed by atoms with Gasteiger partial charge in [0.05, 0.1) is 11.1 Å². The molecule has 2 aliphatic rings. The maximum absolute atomic E-state index is 13.8. The summed E-state index contributed by atoms with van der Waals surface area (Å²) in [6.07, 6.45) is 0.939. The first-order valence-electron chi connectivity index (χ1n) is 13.0. The largest absolute Gasteiger partial charge is 0.481 e. The number of carboxylic acids is 1. The Bertz CT molecular complexity index is 1350. The zero-order chi connectivity index (χ0) is 27.8. The van der Waals surface area contributed by atoms with E-state index in [9.17, 15) is 19.8 Å². The predicted molar refractivity (Wildman–Crippen MR) is 139 cm³/mol. The Morgan fingerprint density at radius 2 is 1.92 bits per heavy atom. The summed E-state index contributed by atoms with van der Waals surface area (Å²) in [6.45, 7) is 1.80. The van der Waals surface area contributed by atoms with Gasteiger partial charge in [0, 0.05) is 44.0 Å². The van der Waals surface area contributed by atoms with E-state index >= 15 is 0 Å². The topological polar surface area (TPSA) is 185 Å². The number of ether oxygens (including phenoxy) is 1. The molecule has 2 saturated heterocycles. The van der Waals surface area contributed by atoms with Gasteiger partial charge in [-0.05, 0) is 45.5 Å². The molecule has 5 heterocycles. The zero-order valence-corrected chi connectivity index (χ0v) is 21.9. The van der Waals surface area contributed by atoms with E-state index in [1.54, 1.807) is 39.7 Å². The van der Waals surface area contributed by atoms with Crippen molar-refractivity contribution in [3.63, 3.8) is 0 Å². The molecule has 14 nitrogen and oxygen atoms in total. The van der Waals surface area contributed by atoms with Crippen LogP contribution in [0.2, 0.25) is 0 Å². The van der Waals surface area contributed by atoms with Gasteiger partial charge in [-0.15, -0.1) is 0 Å². The van der Waals surface area contributed by atoms with E-state index in [2.05, 4.69) is 20.0 Å². The number of hydrogen-bond acceptors (Lipinski definition) is 10. The Labute approximate surface area is 224 Å². The molecule has 0 spiro atoms. The van der Waals surface area contributed by atoms with Crippen LogP contribution in [0.1, 0.15) is 31.9 Å². The van der Waals surface area contributed by atoms with Crippen molar-refractivity contribution in [3.05, 3.63) is 24.8 Å². The van der Waals surface area contributed by atoms with Crippen molar-refractivity contribution in [2.75, 3.05) is 32.4 Å². The van der Waals surface area contributed by atoms with Crippen LogP contribution in [0.25, 0.3) is 22.3 Å². The lowest BCUT2D eigenvalue weighted by Gasteiger charge is -2.38. The van der Waals surface area contributed by atoms with Gasteiger partial charge in [-0.25, -0.2) is 9.97 Å². The first-order chi connectivity index (χ1) is 18.7. The van der Waals surface area contributed by atoms with Gasteiger partial charge in [0.2, 0.25) is 0 Å². The Morgan fingerprint density at radius 3 is 2.59 bits per heavy atom. The number of carbonyl (C=O) groups is 2. The summed E-state index contributed by atoms with van der Waals surface area (Å²) in [5.74, 6) is -1.20. The molecule has 0 saturated carbocycles. The number of hydrogen-bond donors (Lipinski definition) is 4. The minimum Gasteiger partial charge on any atom is -0.481 e. The van der Waals surface area contributed by atoms with Gasteiger partial charge >= 0.3 is 5.97 Å². The molecule has 39 heavy (non-hydrogen) atoms. The van der Waals surface area contributed by atoms with Gasteiger partial charge in [0.1, 0.15) is 30.0 Å². The summed E-state index contributed by atoms with van der Waals surface area (Å²) in [6, 6.07) is 1.68. The molecule has 0 aromatic carbocycles. The number of nitrogen functional groups attached to an aromatic ring is 1. The van der Waals surface area contributed by atoms with Gasteiger partial charge < -0.3 is 40.2 Å². The van der Waals surface area contributed by atoms with Crippen LogP contribution >= 0.6 is 0 Å². The number of anilines is 1. The molecule has 2 fully saturated rings. The number of rotatable bonds is 8. The number of aromatic nitrogens is 5. The third-order valence-corrected chi connectivity index (χ3v) is 7.59. The van der Waals surface area contributed by atoms with Gasteiger partial charge in [-0.2, -0.15) is 5.10 Å². The number of likely N-dealkylation sites (tertiary alicyclic amines) is 1. The van der Waals surface area contributed by atoms with Crippen LogP contribution in [-0.4, -0.2) is 112 Å². The number of carbonyl (C=O) groups excluding carboxylic acids is 1. The lowest BCUT2D eigenvalue weighted by Crippen LogP contribution is -2.52. The molecule has 0 aliphatic carbocycles. The van der Waals surface area contributed by atoms with Crippen molar-refractivity contribution in [1.29, 1.82) is 0 Å². The van der Waals surface area contributed by atoms with Crippen molar-refractivity contribution >= 4 is 28.7 Å². The lowest BCUT2D eigenvalue weighted by molar-refractivity contribution is -0.152. The fourth-order valence-electron chi connectivity index (χ4n) is 5.49. The quantitative estimate of drug-likeness (QED) is 0.296. The zero-order valence-electron chi connectivity index (χ0n) is 21.9. The van der Waals surface area contributed by atoms with Gasteiger partial charge in [0.25, 0.3) is 5.91 Å². The van der Waals surface area contributed by atoms with Crippen LogP contribution in [0.3, 0.4) is 0 Å². The first-order valence-corrected chi connectivity index (χ1v) is 13.0. The van der Waals surface area contributed by atoms with Crippen LogP contribution in [0, 0.1) is 0 Å². The molecule has 1 amide bonds. The summed E-state index contributed by atoms with van der Waals surface area (Å²) in [4.78, 5) is 37.1. The number of aliphatic carboxylic acids is 1. The maximum atomic E-state index is 13.8. The monoisotopic (exact) mass is 542 g/mol. The van der Waals surface area contributed by atoms with E-state index in [0.717, 1.165) is 25.9 Å². The minimum absolute atomic E-state index is 0.0808. The maximum Gasteiger partial charge on any atom is 0.303 e. The molecular weight excluding hydrogens is 508 g/mol. The molecule has 210 valence electrons. The highest BCUT2D eigenvalue weighted by Gasteiger charge is 2.49. The van der Waals surface area contributed by atoms with Crippen molar-refractivity contribution in [2.45, 2.75) is 56.3 Å². The highest BCUT2D eigenvalue weighted by Crippen LogP contribution is 2.38. The summed E-state index contributed by atoms with van der Waals surface area (Å²) >= 11 is 0. The first kappa shape index (κ1) is 27.0. The summed E-state index contributed by atoms with van der Waals surface area (Å²) in [5, 5.41) is 36.1. The standard InChI is InChI=1S/C25H34N8O6/c1-30-9-5-14(6-10-30)32(8-3-4-17(34)35)24(38)21-19(36)20(37)25(39-21)33-12-15(16-7-11-31(2)29-16)18-22(26)27-13-28-23(18)33/h7,11-14,19-21,25,36-37H,3-6,8-10H2,1-2H3,(H,34,35)(H2,26,27,28)/t19-,20+,21-,25+/m0/s1. The fraction of sp³-hybridized carbons (Fsp3) is 0.560. The SMILES string of the molecule is CN1CCC(N(CCCC(=O)O)C(=O)[C@H]2O[C@@H](n3cc(-c4ccn(C)n4)c4c(N)ncnc43)[C@H](O)[C@@H]2O)CC1. The van der Waals surface area contributed by atoms with Crippen molar-refractivity contribution in [1.82, 2.24) is 34.1 Å². The van der Waals surface area contributed by atoms with Crippen LogP contribution < -0.4 is 5.73 Å². The van der Waals surface area contributed by atoms with E-state index in [1.807, 2.05) is 7.05 Å². The van der Waals surface area contributed by atoms with E-state index in [0.29, 0.717) is 22.3 Å². The van der Waals surface area contributed by atoms with Crippen molar-refractivity contribution in [2.24, 2.45) is 7.05 Å². The molecule has 4 atom stereocenters. The Kier molecular flexibility index (Phi) is 7.53. The molecule has 2 aliphatic heterocycles. The smallest absolute Gasteiger partial charge is 0.303 e. The molecular formula is C25H34N8O6. The van der Waals surface area contributed by atoms with Crippen LogP contribution in [0.15, 0.2) is 24.8 Å². The molecule has 14 heteroatoms. The summed E-state index contributed by atoms with van der Waals surface area (Å²) < 4.78 is 9.26. The number of nitrogens with two attached hydrogens (primary N) is 1. The van der Waals surface area contributed by atoms with Crippen LogP contribution in [0.4, 0.5) is 5.82 Å². The van der Waals surface area contributed by atoms with E-state index in [1.165, 1.54) is 6.33 Å². The normalized spacial score (nSPS) is 24.4. The lowest BCUT2D eigenvalue weighted by atomic mass is 10.0. The molecule has 0 unspecified atom stereocenters. The number of aliphatic hydroxyl groups excluding tert-OH is 2. The average molecular weight is 543 g/mol. The third-order valence-electron chi connectivity index (χ3n) is 7.59. The summed E-state index contributed by atoms with van der Waals surface area (Å²) in [7, 11) is 3.79. The second kappa shape index (κ2) is 10.9. The number of nitrogens with zero attached hydrogens (tertiary/aromatic N) is 7. The number of piperidine rings is 1. The fourth-order valence-corrected chi connectivity index (χ4v) is 5.49. The van der Waals surface area contributed by atoms with Crippen LogP contribution in [0.5, 0.6) is 0 Å². The van der Waals surface area contributed by atoms with Gasteiger partial charge in [-0.1, -0.05) is 0 Å². The molecule has 5 N–H and O–H groups in total. The number of fused-ring (bicyclic) bond motifs is 1.